The Hall–Kier alpha value is -1.63. The molecule has 0 saturated heterocycles. The highest BCUT2D eigenvalue weighted by Crippen LogP contribution is 2.24. The number of oxime groups is 1. The molecular formula is C23H28Cl2N2O3. The average molecular weight is 451 g/mol. The first kappa shape index (κ1) is 23.0. The summed E-state index contributed by atoms with van der Waals surface area (Å²) in [5, 5.41) is 16.1. The highest BCUT2D eigenvalue weighted by Gasteiger charge is 2.26. The van der Waals surface area contributed by atoms with E-state index in [2.05, 4.69) is 10.1 Å². The van der Waals surface area contributed by atoms with Gasteiger partial charge in [-0.25, -0.2) is 0 Å². The zero-order valence-electron chi connectivity index (χ0n) is 17.3. The molecule has 1 aliphatic rings. The Balaban J connectivity index is 1.64. The number of nitrogens with zero attached hydrogens (tertiary/aromatic N) is 2. The van der Waals surface area contributed by atoms with Gasteiger partial charge in [0.1, 0.15) is 6.10 Å². The zero-order chi connectivity index (χ0) is 21.5. The van der Waals surface area contributed by atoms with Crippen molar-refractivity contribution in [2.75, 3.05) is 19.7 Å². The zero-order valence-corrected chi connectivity index (χ0v) is 18.8. The predicted molar refractivity (Wildman–Crippen MR) is 121 cm³/mol. The quantitative estimate of drug-likeness (QED) is 0.565. The number of ether oxygens (including phenoxy) is 1. The molecule has 162 valence electrons. The highest BCUT2D eigenvalue weighted by molar-refractivity contribution is 6.34. The van der Waals surface area contributed by atoms with Crippen LogP contribution in [-0.4, -0.2) is 53.7 Å². The second-order valence-electron chi connectivity index (χ2n) is 7.81. The Morgan fingerprint density at radius 1 is 1.20 bits per heavy atom. The molecule has 2 aromatic carbocycles. The molecule has 0 fully saturated rings. The van der Waals surface area contributed by atoms with E-state index < -0.39 is 6.10 Å². The van der Waals surface area contributed by atoms with E-state index in [1.54, 1.807) is 0 Å². The van der Waals surface area contributed by atoms with Crippen LogP contribution in [0.2, 0.25) is 10.0 Å². The third kappa shape index (κ3) is 6.96. The minimum atomic E-state index is -0.600. The second-order valence-corrected chi connectivity index (χ2v) is 8.65. The molecule has 0 amide bonds. The van der Waals surface area contributed by atoms with Crippen LogP contribution in [0.25, 0.3) is 0 Å². The maximum Gasteiger partial charge on any atom is 0.145 e. The van der Waals surface area contributed by atoms with Gasteiger partial charge in [-0.2, -0.15) is 0 Å². The molecule has 1 N–H and O–H groups in total. The molecule has 3 rings (SSSR count). The molecule has 0 saturated carbocycles. The summed E-state index contributed by atoms with van der Waals surface area (Å²) in [7, 11) is 0. The Morgan fingerprint density at radius 3 is 2.73 bits per heavy atom. The summed E-state index contributed by atoms with van der Waals surface area (Å²) in [6.45, 7) is 5.91. The van der Waals surface area contributed by atoms with Crippen LogP contribution in [0.5, 0.6) is 0 Å². The molecule has 0 aliphatic carbocycles. The van der Waals surface area contributed by atoms with E-state index in [9.17, 15) is 5.11 Å². The van der Waals surface area contributed by atoms with Crippen molar-refractivity contribution in [3.8, 4) is 0 Å². The lowest BCUT2D eigenvalue weighted by Crippen LogP contribution is -2.39. The summed E-state index contributed by atoms with van der Waals surface area (Å²) < 4.78 is 5.57. The largest absolute Gasteiger partial charge is 0.390 e. The Labute approximate surface area is 188 Å². The number of aliphatic hydroxyl groups is 1. The third-order valence-electron chi connectivity index (χ3n) is 4.77. The van der Waals surface area contributed by atoms with E-state index in [1.807, 2.05) is 62.4 Å². The van der Waals surface area contributed by atoms with Gasteiger partial charge >= 0.3 is 0 Å². The van der Waals surface area contributed by atoms with E-state index in [0.717, 1.165) is 16.8 Å². The van der Waals surface area contributed by atoms with Crippen molar-refractivity contribution in [2.45, 2.75) is 45.1 Å². The summed E-state index contributed by atoms with van der Waals surface area (Å²) in [6, 6.07) is 15.4. The number of hydrogen-bond acceptors (Lipinski definition) is 5. The first-order valence-corrected chi connectivity index (χ1v) is 10.9. The van der Waals surface area contributed by atoms with Crippen LogP contribution in [0.15, 0.2) is 53.7 Å². The maximum atomic E-state index is 10.5. The minimum Gasteiger partial charge on any atom is -0.390 e. The van der Waals surface area contributed by atoms with Crippen molar-refractivity contribution in [1.82, 2.24) is 4.90 Å². The van der Waals surface area contributed by atoms with Gasteiger partial charge < -0.3 is 14.7 Å². The molecule has 0 spiro atoms. The molecule has 1 heterocycles. The van der Waals surface area contributed by atoms with E-state index in [1.165, 1.54) is 0 Å². The van der Waals surface area contributed by atoms with Crippen LogP contribution in [0, 0.1) is 0 Å². The molecular weight excluding hydrogens is 423 g/mol. The first-order chi connectivity index (χ1) is 14.4. The van der Waals surface area contributed by atoms with Gasteiger partial charge in [-0.1, -0.05) is 58.7 Å². The van der Waals surface area contributed by atoms with Crippen molar-refractivity contribution < 1.29 is 14.7 Å². The van der Waals surface area contributed by atoms with Gasteiger partial charge in [-0.3, -0.25) is 4.90 Å². The Morgan fingerprint density at radius 2 is 2.00 bits per heavy atom. The van der Waals surface area contributed by atoms with Gasteiger partial charge in [0.2, 0.25) is 0 Å². The fraction of sp³-hybridized carbons (Fsp3) is 0.435. The van der Waals surface area contributed by atoms with E-state index in [0.29, 0.717) is 36.1 Å². The van der Waals surface area contributed by atoms with Crippen molar-refractivity contribution in [2.24, 2.45) is 5.16 Å². The average Bonchev–Trinajstić information content (AvgIpc) is 3.15. The third-order valence-corrected chi connectivity index (χ3v) is 5.33. The van der Waals surface area contributed by atoms with Crippen LogP contribution >= 0.6 is 23.2 Å². The van der Waals surface area contributed by atoms with Crippen LogP contribution in [0.3, 0.4) is 0 Å². The summed E-state index contributed by atoms with van der Waals surface area (Å²) in [5.41, 5.74) is 2.81. The number of benzene rings is 2. The molecule has 0 aromatic heterocycles. The number of rotatable bonds is 10. The normalized spacial score (nSPS) is 17.3. The fourth-order valence-corrected chi connectivity index (χ4v) is 3.88. The van der Waals surface area contributed by atoms with Crippen LogP contribution < -0.4 is 0 Å². The SMILES string of the molecule is CC(C)OC[C@H](O)CN(Cc1cccc(Cl)c1)C[C@@H]1CC(c2ccccc2Cl)=NO1. The lowest BCUT2D eigenvalue weighted by molar-refractivity contribution is -0.0194. The van der Waals surface area contributed by atoms with E-state index in [-0.39, 0.29) is 18.8 Å². The topological polar surface area (TPSA) is 54.3 Å². The van der Waals surface area contributed by atoms with Crippen molar-refractivity contribution in [1.29, 1.82) is 0 Å². The number of halogens is 2. The van der Waals surface area contributed by atoms with Crippen molar-refractivity contribution in [3.05, 3.63) is 69.7 Å². The molecule has 0 unspecified atom stereocenters. The summed E-state index contributed by atoms with van der Waals surface area (Å²) in [6.07, 6.45) is 0.0189. The number of hydrogen-bond donors (Lipinski definition) is 1. The van der Waals surface area contributed by atoms with Gasteiger partial charge in [0.05, 0.1) is 24.5 Å². The van der Waals surface area contributed by atoms with Gasteiger partial charge in [0.15, 0.2) is 0 Å². The molecule has 0 bridgehead atoms. The van der Waals surface area contributed by atoms with Gasteiger partial charge in [-0.05, 0) is 37.6 Å². The van der Waals surface area contributed by atoms with Gasteiger partial charge in [0, 0.05) is 41.7 Å². The Bertz CT molecular complexity index is 860. The van der Waals surface area contributed by atoms with Crippen molar-refractivity contribution in [3.63, 3.8) is 0 Å². The van der Waals surface area contributed by atoms with E-state index in [4.69, 9.17) is 32.8 Å². The van der Waals surface area contributed by atoms with Gasteiger partial charge in [0.25, 0.3) is 0 Å². The summed E-state index contributed by atoms with van der Waals surface area (Å²) in [4.78, 5) is 7.84. The van der Waals surface area contributed by atoms with Crippen LogP contribution in [0.1, 0.15) is 31.4 Å². The molecule has 1 aliphatic heterocycles. The summed E-state index contributed by atoms with van der Waals surface area (Å²) in [5.74, 6) is 0. The van der Waals surface area contributed by atoms with Crippen LogP contribution in [0.4, 0.5) is 0 Å². The van der Waals surface area contributed by atoms with Crippen LogP contribution in [-0.2, 0) is 16.1 Å². The smallest absolute Gasteiger partial charge is 0.145 e. The molecule has 7 heteroatoms. The molecule has 30 heavy (non-hydrogen) atoms. The predicted octanol–water partition coefficient (Wildman–Crippen LogP) is 4.77. The standard InChI is InChI=1S/C23H28Cl2N2O3/c1-16(2)29-15-19(28)13-27(12-17-6-5-7-18(24)10-17)14-20-11-23(26-30-20)21-8-3-4-9-22(21)25/h3-10,16,19-20,28H,11-15H2,1-2H3/t19-,20+/m1/s1. The minimum absolute atomic E-state index is 0.0748. The fourth-order valence-electron chi connectivity index (χ4n) is 3.42. The first-order valence-electron chi connectivity index (χ1n) is 10.1. The second kappa shape index (κ2) is 11.1. The highest BCUT2D eigenvalue weighted by atomic mass is 35.5. The Kier molecular flexibility index (Phi) is 8.54. The summed E-state index contributed by atoms with van der Waals surface area (Å²) >= 11 is 12.4. The lowest BCUT2D eigenvalue weighted by atomic mass is 10.0. The van der Waals surface area contributed by atoms with Gasteiger partial charge in [-0.15, -0.1) is 0 Å². The van der Waals surface area contributed by atoms with E-state index >= 15 is 0 Å². The lowest BCUT2D eigenvalue weighted by Gasteiger charge is -2.27. The molecule has 2 atom stereocenters. The molecule has 2 aromatic rings. The maximum absolute atomic E-state index is 10.5. The molecule has 5 nitrogen and oxygen atoms in total. The molecule has 0 radical (unpaired) electrons. The number of aliphatic hydroxyl groups excluding tert-OH is 1. The van der Waals surface area contributed by atoms with Crippen molar-refractivity contribution >= 4 is 28.9 Å². The monoisotopic (exact) mass is 450 g/mol.